The third-order valence-electron chi connectivity index (χ3n) is 3.08. The molecule has 2 rings (SSSR count). The maximum atomic E-state index is 12.0. The van der Waals surface area contributed by atoms with Gasteiger partial charge in [-0.3, -0.25) is 4.79 Å². The highest BCUT2D eigenvalue weighted by Gasteiger charge is 2.12. The Morgan fingerprint density at radius 3 is 2.70 bits per heavy atom. The second kappa shape index (κ2) is 6.63. The number of carbonyl (C=O) groups is 1. The van der Waals surface area contributed by atoms with Gasteiger partial charge in [-0.2, -0.15) is 0 Å². The summed E-state index contributed by atoms with van der Waals surface area (Å²) < 4.78 is 0. The number of aromatic nitrogens is 1. The molecule has 0 saturated carbocycles. The molecule has 1 amide bonds. The third-order valence-corrected chi connectivity index (χ3v) is 4.13. The fraction of sp³-hybridized carbons (Fsp3) is 0.333. The minimum absolute atomic E-state index is 0.137. The van der Waals surface area contributed by atoms with E-state index in [1.807, 2.05) is 25.1 Å². The second-order valence-electron chi connectivity index (χ2n) is 4.66. The number of nitrogens with two attached hydrogens (primary N) is 1. The quantitative estimate of drug-likeness (QED) is 0.889. The molecule has 1 aromatic carbocycles. The number of aryl methyl sites for hydroxylation is 1. The Bertz CT molecular complexity index is 592. The van der Waals surface area contributed by atoms with E-state index in [1.54, 1.807) is 5.38 Å². The van der Waals surface area contributed by atoms with E-state index in [9.17, 15) is 4.79 Å². The first-order valence-corrected chi connectivity index (χ1v) is 7.55. The molecule has 20 heavy (non-hydrogen) atoms. The van der Waals surface area contributed by atoms with Gasteiger partial charge < -0.3 is 11.1 Å². The highest BCUT2D eigenvalue weighted by atomic mass is 32.1. The average molecular weight is 289 g/mol. The zero-order valence-corrected chi connectivity index (χ0v) is 12.5. The SMILES string of the molecule is CCc1ccccc1CNC(=O)c1csc(C(C)N)n1. The summed E-state index contributed by atoms with van der Waals surface area (Å²) in [6.07, 6.45) is 0.956. The van der Waals surface area contributed by atoms with Gasteiger partial charge in [0.25, 0.3) is 5.91 Å². The minimum Gasteiger partial charge on any atom is -0.347 e. The number of amides is 1. The van der Waals surface area contributed by atoms with Crippen molar-refractivity contribution in [3.8, 4) is 0 Å². The molecule has 1 heterocycles. The minimum atomic E-state index is -0.154. The largest absolute Gasteiger partial charge is 0.347 e. The van der Waals surface area contributed by atoms with Gasteiger partial charge in [-0.25, -0.2) is 4.98 Å². The molecule has 0 spiro atoms. The van der Waals surface area contributed by atoms with Crippen LogP contribution in [0.25, 0.3) is 0 Å². The van der Waals surface area contributed by atoms with Crippen LogP contribution in [0.15, 0.2) is 29.6 Å². The van der Waals surface area contributed by atoms with Crippen LogP contribution in [0, 0.1) is 0 Å². The van der Waals surface area contributed by atoms with Crippen LogP contribution in [0.1, 0.15) is 46.5 Å². The van der Waals surface area contributed by atoms with Crippen molar-refractivity contribution in [2.24, 2.45) is 5.73 Å². The normalized spacial score (nSPS) is 12.2. The molecule has 0 saturated heterocycles. The van der Waals surface area contributed by atoms with Crippen LogP contribution >= 0.6 is 11.3 Å². The van der Waals surface area contributed by atoms with Crippen molar-refractivity contribution in [3.05, 3.63) is 51.5 Å². The summed E-state index contributed by atoms with van der Waals surface area (Å²) in [6.45, 7) is 4.49. The molecule has 1 unspecified atom stereocenters. The maximum absolute atomic E-state index is 12.0. The molecule has 4 nitrogen and oxygen atoms in total. The number of nitrogens with zero attached hydrogens (tertiary/aromatic N) is 1. The predicted molar refractivity (Wildman–Crippen MR) is 81.7 cm³/mol. The Balaban J connectivity index is 2.01. The molecule has 5 heteroatoms. The zero-order chi connectivity index (χ0) is 14.5. The molecule has 0 fully saturated rings. The number of carbonyl (C=O) groups excluding carboxylic acids is 1. The molecule has 1 aromatic heterocycles. The summed E-state index contributed by atoms with van der Waals surface area (Å²) in [5, 5.41) is 5.44. The number of hydrogen-bond donors (Lipinski definition) is 2. The molecule has 3 N–H and O–H groups in total. The van der Waals surface area contributed by atoms with Crippen molar-refractivity contribution in [1.82, 2.24) is 10.3 Å². The van der Waals surface area contributed by atoms with E-state index in [1.165, 1.54) is 16.9 Å². The van der Waals surface area contributed by atoms with Crippen LogP contribution in [-0.2, 0) is 13.0 Å². The van der Waals surface area contributed by atoms with Gasteiger partial charge in [-0.1, -0.05) is 31.2 Å². The maximum Gasteiger partial charge on any atom is 0.271 e. The van der Waals surface area contributed by atoms with Crippen molar-refractivity contribution < 1.29 is 4.79 Å². The Morgan fingerprint density at radius 1 is 1.40 bits per heavy atom. The Labute approximate surface area is 123 Å². The summed E-state index contributed by atoms with van der Waals surface area (Å²) in [5.41, 5.74) is 8.58. The van der Waals surface area contributed by atoms with Crippen LogP contribution in [0.5, 0.6) is 0 Å². The smallest absolute Gasteiger partial charge is 0.271 e. The molecule has 106 valence electrons. The molecular formula is C15H19N3OS. The average Bonchev–Trinajstić information content (AvgIpc) is 2.95. The van der Waals surface area contributed by atoms with Gasteiger partial charge >= 0.3 is 0 Å². The summed E-state index contributed by atoms with van der Waals surface area (Å²) in [7, 11) is 0. The van der Waals surface area contributed by atoms with Crippen LogP contribution in [0.2, 0.25) is 0 Å². The lowest BCUT2D eigenvalue weighted by Gasteiger charge is -2.08. The Kier molecular flexibility index (Phi) is 4.87. The van der Waals surface area contributed by atoms with E-state index < -0.39 is 0 Å². The van der Waals surface area contributed by atoms with Crippen molar-refractivity contribution in [2.45, 2.75) is 32.9 Å². The highest BCUT2D eigenvalue weighted by molar-refractivity contribution is 7.09. The van der Waals surface area contributed by atoms with E-state index >= 15 is 0 Å². The van der Waals surface area contributed by atoms with Crippen molar-refractivity contribution >= 4 is 17.2 Å². The van der Waals surface area contributed by atoms with Crippen LogP contribution in [-0.4, -0.2) is 10.9 Å². The second-order valence-corrected chi connectivity index (χ2v) is 5.55. The fourth-order valence-corrected chi connectivity index (χ4v) is 2.70. The lowest BCUT2D eigenvalue weighted by Crippen LogP contribution is -2.23. The molecule has 0 radical (unpaired) electrons. The summed E-state index contributed by atoms with van der Waals surface area (Å²) >= 11 is 1.42. The molecule has 0 aliphatic rings. The van der Waals surface area contributed by atoms with Gasteiger partial charge in [0, 0.05) is 11.9 Å². The molecular weight excluding hydrogens is 270 g/mol. The van der Waals surface area contributed by atoms with Crippen molar-refractivity contribution in [2.75, 3.05) is 0 Å². The topological polar surface area (TPSA) is 68.0 Å². The van der Waals surface area contributed by atoms with E-state index in [-0.39, 0.29) is 11.9 Å². The van der Waals surface area contributed by atoms with Crippen molar-refractivity contribution in [1.29, 1.82) is 0 Å². The van der Waals surface area contributed by atoms with E-state index in [0.29, 0.717) is 12.2 Å². The highest BCUT2D eigenvalue weighted by Crippen LogP contribution is 2.16. The molecule has 0 aliphatic carbocycles. The first-order valence-electron chi connectivity index (χ1n) is 6.67. The molecule has 0 aliphatic heterocycles. The van der Waals surface area contributed by atoms with Crippen LogP contribution in [0.4, 0.5) is 0 Å². The van der Waals surface area contributed by atoms with Crippen molar-refractivity contribution in [3.63, 3.8) is 0 Å². The first-order chi connectivity index (χ1) is 9.61. The van der Waals surface area contributed by atoms with Gasteiger partial charge in [0.1, 0.15) is 10.7 Å². The standard InChI is InChI=1S/C15H19N3OS/c1-3-11-6-4-5-7-12(11)8-17-14(19)13-9-20-15(18-13)10(2)16/h4-7,9-10H,3,8,16H2,1-2H3,(H,17,19). The summed E-state index contributed by atoms with van der Waals surface area (Å²) in [4.78, 5) is 16.3. The van der Waals surface area contributed by atoms with Gasteiger partial charge in [-0.05, 0) is 24.5 Å². The number of rotatable bonds is 5. The predicted octanol–water partition coefficient (Wildman–Crippen LogP) is 2.66. The van der Waals surface area contributed by atoms with Gasteiger partial charge in [0.15, 0.2) is 0 Å². The molecule has 0 bridgehead atoms. The lowest BCUT2D eigenvalue weighted by atomic mass is 10.1. The lowest BCUT2D eigenvalue weighted by molar-refractivity contribution is 0.0946. The van der Waals surface area contributed by atoms with E-state index in [4.69, 9.17) is 5.73 Å². The monoisotopic (exact) mass is 289 g/mol. The third kappa shape index (κ3) is 3.43. The fourth-order valence-electron chi connectivity index (χ4n) is 1.94. The molecule has 1 atom stereocenters. The number of hydrogen-bond acceptors (Lipinski definition) is 4. The summed E-state index contributed by atoms with van der Waals surface area (Å²) in [5.74, 6) is -0.154. The van der Waals surface area contributed by atoms with E-state index in [0.717, 1.165) is 17.0 Å². The first kappa shape index (κ1) is 14.7. The summed E-state index contributed by atoms with van der Waals surface area (Å²) in [6, 6.07) is 7.98. The zero-order valence-electron chi connectivity index (χ0n) is 11.7. The van der Waals surface area contributed by atoms with Crippen LogP contribution in [0.3, 0.4) is 0 Å². The van der Waals surface area contributed by atoms with Gasteiger partial charge in [0.05, 0.1) is 6.04 Å². The number of nitrogens with one attached hydrogen (secondary N) is 1. The Morgan fingerprint density at radius 2 is 2.10 bits per heavy atom. The number of thiazole rings is 1. The number of benzene rings is 1. The van der Waals surface area contributed by atoms with E-state index in [2.05, 4.69) is 23.3 Å². The van der Waals surface area contributed by atoms with Gasteiger partial charge in [0.2, 0.25) is 0 Å². The molecule has 2 aromatic rings. The van der Waals surface area contributed by atoms with Gasteiger partial charge in [-0.15, -0.1) is 11.3 Å². The Hall–Kier alpha value is -1.72. The van der Waals surface area contributed by atoms with Crippen LogP contribution < -0.4 is 11.1 Å².